The first-order valence-corrected chi connectivity index (χ1v) is 38.3. The molecule has 0 unspecified atom stereocenters. The van der Waals surface area contributed by atoms with Crippen molar-refractivity contribution < 1.29 is 91.8 Å². The van der Waals surface area contributed by atoms with Crippen LogP contribution in [-0.2, 0) is 84.9 Å². The third-order valence-electron chi connectivity index (χ3n) is 20.7. The van der Waals surface area contributed by atoms with Gasteiger partial charge in [0.05, 0.1) is 33.2 Å². The van der Waals surface area contributed by atoms with E-state index in [1.807, 2.05) is 134 Å². The summed E-state index contributed by atoms with van der Waals surface area (Å²) in [4.78, 5) is 28.5. The van der Waals surface area contributed by atoms with E-state index >= 15 is 0 Å². The number of phenolic OH excluding ortho intramolecular Hbond substituents is 3. The average molecular weight is 2080 g/mol. The summed E-state index contributed by atoms with van der Waals surface area (Å²) in [5.41, 5.74) is 24.0. The summed E-state index contributed by atoms with van der Waals surface area (Å²) >= 11 is 0. The molecule has 592 valence electrons. The number of phenols is 3. The third kappa shape index (κ3) is 17.6. The van der Waals surface area contributed by atoms with Crippen molar-refractivity contribution in [2.75, 3.05) is 0 Å². The van der Waals surface area contributed by atoms with Gasteiger partial charge in [0, 0.05) is 98.9 Å². The topological polar surface area (TPSA) is 177 Å². The predicted molar refractivity (Wildman–Crippen MR) is 461 cm³/mol. The Balaban J connectivity index is 0.000000151. The van der Waals surface area contributed by atoms with Crippen LogP contribution in [0.25, 0.3) is 167 Å². The maximum atomic E-state index is 10.4. The van der Waals surface area contributed by atoms with Crippen molar-refractivity contribution in [3.63, 3.8) is 0 Å². The van der Waals surface area contributed by atoms with E-state index in [4.69, 9.17) is 38.2 Å². The summed E-state index contributed by atoms with van der Waals surface area (Å²) in [6, 6.07) is 96.4. The van der Waals surface area contributed by atoms with Crippen molar-refractivity contribution in [1.82, 2.24) is 29.9 Å². The van der Waals surface area contributed by atoms with Crippen LogP contribution in [0.1, 0.15) is 105 Å². The number of aromatic hydroxyl groups is 3. The molecule has 0 saturated carbocycles. The zero-order valence-corrected chi connectivity index (χ0v) is 73.6. The molecule has 0 amide bonds. The van der Waals surface area contributed by atoms with Crippen LogP contribution in [0.2, 0.25) is 0 Å². The number of benzene rings is 12. The smallest absolute Gasteiger partial charge is 0.230 e. The van der Waals surface area contributed by atoms with E-state index in [0.29, 0.717) is 51.1 Å². The Morgan fingerprint density at radius 2 is 0.684 bits per heavy atom. The Bertz CT molecular complexity index is 6640. The normalized spacial score (nSPS) is 11.7. The second-order valence-electron chi connectivity index (χ2n) is 32.9. The second kappa shape index (κ2) is 34.0. The van der Waals surface area contributed by atoms with E-state index in [2.05, 4.69) is 197 Å². The van der Waals surface area contributed by atoms with Gasteiger partial charge < -0.3 is 28.6 Å². The molecular formula is C102H85N6O6Pt3-3. The van der Waals surface area contributed by atoms with Gasteiger partial charge in [-0.05, 0) is 128 Å². The Hall–Kier alpha value is -11.5. The zero-order valence-electron chi connectivity index (χ0n) is 66.8. The van der Waals surface area contributed by atoms with Gasteiger partial charge in [-0.15, -0.1) is 65.2 Å². The molecule has 0 spiro atoms. The number of nitrogens with zero attached hydrogens (tertiary/aromatic N) is 6. The fraction of sp³-hybridized carbons (Fsp3) is 0.157. The Morgan fingerprint density at radius 3 is 1.20 bits per heavy atom. The number of oxazole rings is 3. The quantitative estimate of drug-likeness (QED) is 0.111. The van der Waals surface area contributed by atoms with Gasteiger partial charge in [-0.2, -0.15) is 0 Å². The van der Waals surface area contributed by atoms with Crippen molar-refractivity contribution in [2.45, 2.75) is 105 Å². The summed E-state index contributed by atoms with van der Waals surface area (Å²) in [5, 5.41) is 35.5. The van der Waals surface area contributed by atoms with Gasteiger partial charge in [-0.3, -0.25) is 15.0 Å². The predicted octanol–water partition coefficient (Wildman–Crippen LogP) is 26.3. The van der Waals surface area contributed by atoms with Crippen LogP contribution < -0.4 is 0 Å². The Kier molecular flexibility index (Phi) is 24.2. The van der Waals surface area contributed by atoms with Gasteiger partial charge in [0.2, 0.25) is 17.7 Å². The molecule has 12 aromatic carbocycles. The monoisotopic (exact) mass is 2070 g/mol. The van der Waals surface area contributed by atoms with Gasteiger partial charge in [0.25, 0.3) is 0 Å². The molecule has 6 aromatic heterocycles. The van der Waals surface area contributed by atoms with Crippen LogP contribution in [0.5, 0.6) is 17.2 Å². The molecule has 0 radical (unpaired) electrons. The Labute approximate surface area is 725 Å². The van der Waals surface area contributed by atoms with E-state index in [-0.39, 0.29) is 102 Å². The molecule has 0 atom stereocenters. The van der Waals surface area contributed by atoms with Crippen molar-refractivity contribution in [3.05, 3.63) is 320 Å². The molecule has 18 rings (SSSR count). The van der Waals surface area contributed by atoms with Crippen molar-refractivity contribution in [3.8, 4) is 130 Å². The first-order valence-electron chi connectivity index (χ1n) is 38.3. The number of hydrogen-bond donors (Lipinski definition) is 3. The maximum absolute atomic E-state index is 10.4. The van der Waals surface area contributed by atoms with Crippen LogP contribution in [-0.4, -0.2) is 45.2 Å². The number of aromatic nitrogens is 6. The number of hydrogen-bond acceptors (Lipinski definition) is 12. The summed E-state index contributed by atoms with van der Waals surface area (Å²) in [6.07, 6.45) is 5.56. The minimum absolute atomic E-state index is 0. The molecule has 0 bridgehead atoms. The van der Waals surface area contributed by atoms with Crippen molar-refractivity contribution >= 4 is 54.8 Å². The second-order valence-corrected chi connectivity index (χ2v) is 32.9. The molecule has 0 aliphatic heterocycles. The van der Waals surface area contributed by atoms with E-state index < -0.39 is 0 Å². The summed E-state index contributed by atoms with van der Waals surface area (Å²) in [7, 11) is 0. The molecule has 117 heavy (non-hydrogen) atoms. The fourth-order valence-electron chi connectivity index (χ4n) is 14.2. The molecule has 0 fully saturated rings. The van der Waals surface area contributed by atoms with Crippen molar-refractivity contribution in [1.29, 1.82) is 0 Å². The Morgan fingerprint density at radius 1 is 0.274 bits per heavy atom. The molecule has 18 aromatic rings. The number of para-hydroxylation sites is 5. The maximum Gasteiger partial charge on any atom is 0.230 e. The van der Waals surface area contributed by atoms with E-state index in [9.17, 15) is 15.3 Å². The minimum atomic E-state index is -0.106. The molecule has 0 aliphatic rings. The van der Waals surface area contributed by atoms with E-state index in [1.54, 1.807) is 54.7 Å². The van der Waals surface area contributed by atoms with Crippen LogP contribution in [0.15, 0.2) is 293 Å². The average Bonchev–Trinajstić information content (AvgIpc) is 1.73. The largest absolute Gasteiger partial charge is 0.507 e. The number of fused-ring (bicyclic) bond motifs is 5. The first kappa shape index (κ1) is 83.4. The van der Waals surface area contributed by atoms with Gasteiger partial charge in [0.15, 0.2) is 0 Å². The molecule has 6 heterocycles. The third-order valence-corrected chi connectivity index (χ3v) is 20.7. The standard InChI is InChI=1S/C38H35N2O2.2C32H25N2O2.3Pt/c1-37(2,3)28-20-27(21-29(23-28)38(4,5)6)24-17-18-39-32(22-24)26-12-9-11-25(19-26)30-14-10-16-34-35(30)40-36(42-34)31-13-7-8-15-33(31)41;1-32(2,3)22-18-25(30-29(19-22)36-31(34-30)24-12-6-7-14-28(24)35)21-16-20-10-4-5-11-23(20)26(17-21)27-13-8-9-15-33-27;1-32(2,3)22-15-16-33-27(19-22)26-18-21(17-20-9-4-5-10-23(20)26)24-12-8-14-29-30(24)34-31(36-29)25-11-6-7-13-28(25)35;;;/h7-18,20-23,41H,1-6H3;4-16,18-19,35H,1-3H3;4-17,19,35H,1-3H3;;;/q3*-1;;;. The van der Waals surface area contributed by atoms with Gasteiger partial charge in [0.1, 0.15) is 34.0 Å². The minimum Gasteiger partial charge on any atom is -0.507 e. The van der Waals surface area contributed by atoms with Crippen LogP contribution in [0.3, 0.4) is 0 Å². The van der Waals surface area contributed by atoms with Crippen LogP contribution in [0.4, 0.5) is 0 Å². The van der Waals surface area contributed by atoms with E-state index in [1.165, 1.54) is 22.3 Å². The first-order chi connectivity index (χ1) is 54.7. The summed E-state index contributed by atoms with van der Waals surface area (Å²) in [6.45, 7) is 26.7. The molecule has 3 N–H and O–H groups in total. The SMILES string of the molecule is CC(C)(C)c1cc(-c2[c-]c(-c3ccccn3)c3ccccc3c2)c2nc(-c3ccccc3O)oc2c1.CC(C)(C)c1cc(-c2ccnc(-c3[c-]c(-c4cccc5oc(-c6ccccc6O)nc45)ccc3)c2)cc(C(C)(C)C)c1.CC(C)(C)c1ccnc(-c2[c-]c(-c3cccc4oc(-c5ccccc5O)nc34)cc3ccccc23)c1.[Pt].[Pt].[Pt]. The number of pyridine rings is 3. The number of rotatable bonds is 10. The van der Waals surface area contributed by atoms with Crippen molar-refractivity contribution in [2.24, 2.45) is 0 Å². The van der Waals surface area contributed by atoms with E-state index in [0.717, 1.165) is 116 Å². The van der Waals surface area contributed by atoms with Gasteiger partial charge in [-0.1, -0.05) is 296 Å². The summed E-state index contributed by atoms with van der Waals surface area (Å²) in [5.74, 6) is 1.56. The molecular weight excluding hydrogens is 1990 g/mol. The van der Waals surface area contributed by atoms with Crippen LogP contribution in [0, 0.1) is 18.2 Å². The van der Waals surface area contributed by atoms with Gasteiger partial charge in [-0.25, -0.2) is 15.0 Å². The zero-order chi connectivity index (χ0) is 79.4. The molecule has 0 saturated heterocycles. The molecule has 0 aliphatic carbocycles. The fourth-order valence-corrected chi connectivity index (χ4v) is 14.2. The summed E-state index contributed by atoms with van der Waals surface area (Å²) < 4.78 is 18.3. The molecule has 15 heteroatoms. The van der Waals surface area contributed by atoms with Gasteiger partial charge >= 0.3 is 0 Å². The molecule has 12 nitrogen and oxygen atoms in total. The van der Waals surface area contributed by atoms with Crippen LogP contribution >= 0.6 is 0 Å².